The van der Waals surface area contributed by atoms with Crippen LogP contribution < -0.4 is 5.32 Å². The molecule has 7 heteroatoms. The smallest absolute Gasteiger partial charge is 0.303 e. The molecule has 1 fully saturated rings. The van der Waals surface area contributed by atoms with Crippen LogP contribution in [0.4, 0.5) is 5.82 Å². The number of nitrogens with zero attached hydrogens (tertiary/aromatic N) is 2. The summed E-state index contributed by atoms with van der Waals surface area (Å²) in [4.78, 5) is 28.9. The lowest BCUT2D eigenvalue weighted by Gasteiger charge is -2.31. The van der Waals surface area contributed by atoms with Gasteiger partial charge in [-0.15, -0.1) is 0 Å². The SMILES string of the molecule is O=C(O)CCCN1CCC(C(=O)Nc2ccc(Cl)cn2)CC1. The summed E-state index contributed by atoms with van der Waals surface area (Å²) in [7, 11) is 0. The van der Waals surface area contributed by atoms with Crippen LogP contribution in [-0.4, -0.2) is 46.5 Å². The summed E-state index contributed by atoms with van der Waals surface area (Å²) in [6.07, 6.45) is 3.92. The van der Waals surface area contributed by atoms with Crippen LogP contribution in [-0.2, 0) is 9.59 Å². The zero-order valence-corrected chi connectivity index (χ0v) is 13.1. The van der Waals surface area contributed by atoms with Crippen LogP contribution in [0, 0.1) is 5.92 Å². The van der Waals surface area contributed by atoms with E-state index in [4.69, 9.17) is 16.7 Å². The highest BCUT2D eigenvalue weighted by Gasteiger charge is 2.25. The number of carbonyl (C=O) groups excluding carboxylic acids is 1. The van der Waals surface area contributed by atoms with Gasteiger partial charge in [0, 0.05) is 18.5 Å². The fourth-order valence-corrected chi connectivity index (χ4v) is 2.66. The maximum atomic E-state index is 12.2. The number of aromatic nitrogens is 1. The number of anilines is 1. The van der Waals surface area contributed by atoms with Gasteiger partial charge in [0.05, 0.1) is 5.02 Å². The molecule has 0 saturated carbocycles. The molecular formula is C15H20ClN3O3. The minimum absolute atomic E-state index is 0.0139. The molecule has 1 aromatic rings. The van der Waals surface area contributed by atoms with E-state index in [2.05, 4.69) is 15.2 Å². The minimum atomic E-state index is -0.760. The third-order valence-electron chi connectivity index (χ3n) is 3.80. The number of halogens is 1. The molecule has 0 aromatic carbocycles. The first kappa shape index (κ1) is 16.7. The van der Waals surface area contributed by atoms with Gasteiger partial charge in [-0.3, -0.25) is 9.59 Å². The molecule has 120 valence electrons. The number of aliphatic carboxylic acids is 1. The van der Waals surface area contributed by atoms with Gasteiger partial charge >= 0.3 is 5.97 Å². The Morgan fingerprint density at radius 2 is 2.09 bits per heavy atom. The summed E-state index contributed by atoms with van der Waals surface area (Å²) >= 11 is 5.76. The van der Waals surface area contributed by atoms with Gasteiger partial charge < -0.3 is 15.3 Å². The zero-order chi connectivity index (χ0) is 15.9. The largest absolute Gasteiger partial charge is 0.481 e. The van der Waals surface area contributed by atoms with E-state index in [9.17, 15) is 9.59 Å². The Morgan fingerprint density at radius 3 is 2.68 bits per heavy atom. The number of hydrogen-bond donors (Lipinski definition) is 2. The minimum Gasteiger partial charge on any atom is -0.481 e. The summed E-state index contributed by atoms with van der Waals surface area (Å²) in [6.45, 7) is 2.43. The standard InChI is InChI=1S/C15H20ClN3O3/c16-12-3-4-13(17-10-12)18-15(22)11-5-8-19(9-6-11)7-1-2-14(20)21/h3-4,10-11H,1-2,5-9H2,(H,20,21)(H,17,18,22). The van der Waals surface area contributed by atoms with Gasteiger partial charge in [0.15, 0.2) is 0 Å². The van der Waals surface area contributed by atoms with Gasteiger partial charge in [-0.2, -0.15) is 0 Å². The van der Waals surface area contributed by atoms with E-state index in [-0.39, 0.29) is 18.2 Å². The van der Waals surface area contributed by atoms with E-state index in [0.29, 0.717) is 17.3 Å². The molecule has 0 spiro atoms. The van der Waals surface area contributed by atoms with Crippen LogP contribution >= 0.6 is 11.6 Å². The van der Waals surface area contributed by atoms with Crippen LogP contribution in [0.1, 0.15) is 25.7 Å². The van der Waals surface area contributed by atoms with Crippen molar-refractivity contribution in [1.82, 2.24) is 9.88 Å². The van der Waals surface area contributed by atoms with Crippen molar-refractivity contribution >= 4 is 29.3 Å². The van der Waals surface area contributed by atoms with Crippen LogP contribution in [0.5, 0.6) is 0 Å². The van der Waals surface area contributed by atoms with Crippen molar-refractivity contribution in [1.29, 1.82) is 0 Å². The third kappa shape index (κ3) is 5.27. The Balaban J connectivity index is 1.72. The van der Waals surface area contributed by atoms with Gasteiger partial charge in [0.25, 0.3) is 0 Å². The first-order valence-corrected chi connectivity index (χ1v) is 7.79. The molecule has 2 N–H and O–H groups in total. The second kappa shape index (κ2) is 8.10. The molecular weight excluding hydrogens is 306 g/mol. The van der Waals surface area contributed by atoms with Gasteiger partial charge in [-0.05, 0) is 51.0 Å². The highest BCUT2D eigenvalue weighted by atomic mass is 35.5. The molecule has 2 heterocycles. The number of carboxylic acid groups (broad SMARTS) is 1. The lowest BCUT2D eigenvalue weighted by atomic mass is 9.95. The molecule has 22 heavy (non-hydrogen) atoms. The number of nitrogens with one attached hydrogen (secondary N) is 1. The molecule has 1 aromatic heterocycles. The maximum absolute atomic E-state index is 12.2. The zero-order valence-electron chi connectivity index (χ0n) is 12.3. The van der Waals surface area contributed by atoms with E-state index in [1.165, 1.54) is 6.20 Å². The summed E-state index contributed by atoms with van der Waals surface area (Å²) in [6, 6.07) is 3.37. The molecule has 0 bridgehead atoms. The Labute approximate surface area is 134 Å². The van der Waals surface area contributed by atoms with Crippen LogP contribution in [0.25, 0.3) is 0 Å². The molecule has 1 saturated heterocycles. The molecule has 1 aliphatic rings. The Hall–Kier alpha value is -1.66. The maximum Gasteiger partial charge on any atom is 0.303 e. The molecule has 2 rings (SSSR count). The van der Waals surface area contributed by atoms with Gasteiger partial charge in [0.2, 0.25) is 5.91 Å². The van der Waals surface area contributed by atoms with E-state index >= 15 is 0 Å². The fraction of sp³-hybridized carbons (Fsp3) is 0.533. The monoisotopic (exact) mass is 325 g/mol. The number of rotatable bonds is 6. The number of hydrogen-bond acceptors (Lipinski definition) is 4. The molecule has 0 radical (unpaired) electrons. The number of carboxylic acids is 1. The van der Waals surface area contributed by atoms with E-state index in [1.54, 1.807) is 12.1 Å². The molecule has 0 unspecified atom stereocenters. The van der Waals surface area contributed by atoms with Crippen molar-refractivity contribution in [3.05, 3.63) is 23.4 Å². The lowest BCUT2D eigenvalue weighted by Crippen LogP contribution is -2.38. The topological polar surface area (TPSA) is 82.5 Å². The van der Waals surface area contributed by atoms with Crippen LogP contribution in [0.15, 0.2) is 18.3 Å². The van der Waals surface area contributed by atoms with Crippen molar-refractivity contribution in [3.63, 3.8) is 0 Å². The third-order valence-corrected chi connectivity index (χ3v) is 4.03. The number of piperidine rings is 1. The van der Waals surface area contributed by atoms with Crippen molar-refractivity contribution in [2.75, 3.05) is 25.0 Å². The Bertz CT molecular complexity index is 513. The average Bonchev–Trinajstić information content (AvgIpc) is 2.50. The Kier molecular flexibility index (Phi) is 6.15. The van der Waals surface area contributed by atoms with Gasteiger partial charge in [-0.1, -0.05) is 11.6 Å². The number of pyridine rings is 1. The normalized spacial score (nSPS) is 16.4. The quantitative estimate of drug-likeness (QED) is 0.838. The summed E-state index contributed by atoms with van der Waals surface area (Å²) < 4.78 is 0. The number of amides is 1. The lowest BCUT2D eigenvalue weighted by molar-refractivity contribution is -0.137. The molecule has 6 nitrogen and oxygen atoms in total. The first-order chi connectivity index (χ1) is 10.5. The summed E-state index contributed by atoms with van der Waals surface area (Å²) in [5.74, 6) is -0.281. The Morgan fingerprint density at radius 1 is 1.36 bits per heavy atom. The number of carbonyl (C=O) groups is 2. The second-order valence-electron chi connectivity index (χ2n) is 5.46. The molecule has 1 aliphatic heterocycles. The molecule has 1 amide bonds. The fourth-order valence-electron chi connectivity index (χ4n) is 2.55. The highest BCUT2D eigenvalue weighted by molar-refractivity contribution is 6.30. The molecule has 0 atom stereocenters. The summed E-state index contributed by atoms with van der Waals surface area (Å²) in [5.41, 5.74) is 0. The predicted molar refractivity (Wildman–Crippen MR) is 83.9 cm³/mol. The van der Waals surface area contributed by atoms with E-state index in [0.717, 1.165) is 32.5 Å². The van der Waals surface area contributed by atoms with Crippen LogP contribution in [0.2, 0.25) is 5.02 Å². The van der Waals surface area contributed by atoms with Crippen LogP contribution in [0.3, 0.4) is 0 Å². The van der Waals surface area contributed by atoms with E-state index in [1.807, 2.05) is 0 Å². The van der Waals surface area contributed by atoms with Crippen molar-refractivity contribution in [2.24, 2.45) is 5.92 Å². The second-order valence-corrected chi connectivity index (χ2v) is 5.90. The van der Waals surface area contributed by atoms with E-state index < -0.39 is 5.97 Å². The predicted octanol–water partition coefficient (Wildman–Crippen LogP) is 2.25. The van der Waals surface area contributed by atoms with Gasteiger partial charge in [-0.25, -0.2) is 4.98 Å². The van der Waals surface area contributed by atoms with Crippen molar-refractivity contribution in [3.8, 4) is 0 Å². The van der Waals surface area contributed by atoms with Crippen molar-refractivity contribution in [2.45, 2.75) is 25.7 Å². The summed E-state index contributed by atoms with van der Waals surface area (Å²) in [5, 5.41) is 12.0. The first-order valence-electron chi connectivity index (χ1n) is 7.41. The van der Waals surface area contributed by atoms with Gasteiger partial charge in [0.1, 0.15) is 5.82 Å². The highest BCUT2D eigenvalue weighted by Crippen LogP contribution is 2.19. The average molecular weight is 326 g/mol. The molecule has 0 aliphatic carbocycles. The number of likely N-dealkylation sites (tertiary alicyclic amines) is 1. The van der Waals surface area contributed by atoms with Crippen molar-refractivity contribution < 1.29 is 14.7 Å².